The van der Waals surface area contributed by atoms with E-state index in [1.54, 1.807) is 0 Å². The Balaban J connectivity index is 4.16. The Morgan fingerprint density at radius 3 is 2.35 bits per heavy atom. The van der Waals surface area contributed by atoms with Crippen molar-refractivity contribution in [3.8, 4) is 0 Å². The Bertz CT molecular complexity index is 204. The molecule has 1 amide bonds. The van der Waals surface area contributed by atoms with Crippen LogP contribution in [0.2, 0.25) is 0 Å². The molecule has 0 aromatic heterocycles. The Morgan fingerprint density at radius 2 is 1.94 bits per heavy atom. The van der Waals surface area contributed by atoms with Crippen LogP contribution in [0.4, 0.5) is 0 Å². The zero-order valence-electron chi connectivity index (χ0n) is 12.0. The van der Waals surface area contributed by atoms with Crippen LogP contribution in [0.5, 0.6) is 0 Å². The first kappa shape index (κ1) is 16.4. The van der Waals surface area contributed by atoms with Crippen molar-refractivity contribution in [2.75, 3.05) is 19.6 Å². The monoisotopic (exact) mass is 242 g/mol. The second kappa shape index (κ2) is 9.46. The second-order valence-corrected chi connectivity index (χ2v) is 5.26. The summed E-state index contributed by atoms with van der Waals surface area (Å²) in [5.74, 6) is 1.23. The molecule has 3 heteroatoms. The van der Waals surface area contributed by atoms with Gasteiger partial charge in [-0.1, -0.05) is 27.2 Å². The van der Waals surface area contributed by atoms with Gasteiger partial charge in [0.25, 0.3) is 0 Å². The molecule has 17 heavy (non-hydrogen) atoms. The van der Waals surface area contributed by atoms with E-state index in [-0.39, 0.29) is 5.91 Å². The van der Waals surface area contributed by atoms with Gasteiger partial charge < -0.3 is 10.6 Å². The Kier molecular flexibility index (Phi) is 9.14. The van der Waals surface area contributed by atoms with E-state index >= 15 is 0 Å². The molecule has 0 saturated carbocycles. The zero-order chi connectivity index (χ0) is 13.3. The average Bonchev–Trinajstić information content (AvgIpc) is 2.28. The molecule has 0 bridgehead atoms. The molecule has 0 radical (unpaired) electrons. The van der Waals surface area contributed by atoms with Gasteiger partial charge in [-0.3, -0.25) is 4.79 Å². The molecule has 0 aliphatic carbocycles. The van der Waals surface area contributed by atoms with E-state index in [0.717, 1.165) is 32.4 Å². The van der Waals surface area contributed by atoms with Crippen molar-refractivity contribution in [2.24, 2.45) is 17.6 Å². The van der Waals surface area contributed by atoms with Gasteiger partial charge in [0, 0.05) is 19.5 Å². The summed E-state index contributed by atoms with van der Waals surface area (Å²) in [6.07, 6.45) is 3.90. The fourth-order valence-electron chi connectivity index (χ4n) is 2.11. The highest BCUT2D eigenvalue weighted by molar-refractivity contribution is 5.76. The molecule has 0 saturated heterocycles. The number of hydrogen-bond donors (Lipinski definition) is 1. The number of nitrogens with zero attached hydrogens (tertiary/aromatic N) is 1. The summed E-state index contributed by atoms with van der Waals surface area (Å²) < 4.78 is 0. The van der Waals surface area contributed by atoms with E-state index in [0.29, 0.717) is 24.8 Å². The van der Waals surface area contributed by atoms with Crippen molar-refractivity contribution in [3.63, 3.8) is 0 Å². The fourth-order valence-corrected chi connectivity index (χ4v) is 2.11. The molecule has 0 unspecified atom stereocenters. The van der Waals surface area contributed by atoms with E-state index in [2.05, 4.69) is 20.8 Å². The van der Waals surface area contributed by atoms with E-state index in [1.807, 2.05) is 11.8 Å². The van der Waals surface area contributed by atoms with Crippen molar-refractivity contribution in [1.29, 1.82) is 0 Å². The molecular formula is C14H30N2O. The maximum Gasteiger partial charge on any atom is 0.222 e. The van der Waals surface area contributed by atoms with Crippen LogP contribution >= 0.6 is 0 Å². The second-order valence-electron chi connectivity index (χ2n) is 5.26. The number of carbonyl (C=O) groups is 1. The maximum atomic E-state index is 12.1. The van der Waals surface area contributed by atoms with Crippen molar-refractivity contribution in [2.45, 2.75) is 53.4 Å². The van der Waals surface area contributed by atoms with Crippen molar-refractivity contribution >= 4 is 5.91 Å². The van der Waals surface area contributed by atoms with Crippen LogP contribution in [-0.4, -0.2) is 30.4 Å². The molecule has 0 aromatic carbocycles. The lowest BCUT2D eigenvalue weighted by Crippen LogP contribution is -2.34. The van der Waals surface area contributed by atoms with E-state index in [1.165, 1.54) is 0 Å². The minimum absolute atomic E-state index is 0.275. The molecule has 1 atom stereocenters. The van der Waals surface area contributed by atoms with Crippen LogP contribution in [0, 0.1) is 11.8 Å². The van der Waals surface area contributed by atoms with Crippen LogP contribution < -0.4 is 5.73 Å². The molecule has 102 valence electrons. The summed E-state index contributed by atoms with van der Waals surface area (Å²) in [6, 6.07) is 0. The highest BCUT2D eigenvalue weighted by Gasteiger charge is 2.17. The zero-order valence-corrected chi connectivity index (χ0v) is 12.0. The molecule has 0 aliphatic heterocycles. The Morgan fingerprint density at radius 1 is 1.29 bits per heavy atom. The first-order valence-corrected chi connectivity index (χ1v) is 7.02. The Hall–Kier alpha value is -0.570. The average molecular weight is 242 g/mol. The molecule has 0 spiro atoms. The third-order valence-electron chi connectivity index (χ3n) is 3.12. The molecular weight excluding hydrogens is 212 g/mol. The highest BCUT2D eigenvalue weighted by Crippen LogP contribution is 2.15. The third-order valence-corrected chi connectivity index (χ3v) is 3.12. The lowest BCUT2D eigenvalue weighted by Gasteiger charge is -2.24. The maximum absolute atomic E-state index is 12.1. The number of unbranched alkanes of at least 4 members (excludes halogenated alkanes) is 1. The van der Waals surface area contributed by atoms with Crippen LogP contribution in [0.3, 0.4) is 0 Å². The van der Waals surface area contributed by atoms with Gasteiger partial charge in [0.05, 0.1) is 0 Å². The van der Waals surface area contributed by atoms with Gasteiger partial charge in [-0.2, -0.15) is 0 Å². The summed E-state index contributed by atoms with van der Waals surface area (Å²) in [5, 5.41) is 0. The number of amides is 1. The smallest absolute Gasteiger partial charge is 0.222 e. The van der Waals surface area contributed by atoms with Gasteiger partial charge in [-0.25, -0.2) is 0 Å². The molecule has 0 rings (SSSR count). The predicted octanol–water partition coefficient (Wildman–Crippen LogP) is 2.65. The first-order valence-electron chi connectivity index (χ1n) is 7.02. The van der Waals surface area contributed by atoms with Crippen LogP contribution in [-0.2, 0) is 4.79 Å². The number of nitrogens with two attached hydrogens (primary N) is 1. The number of rotatable bonds is 9. The van der Waals surface area contributed by atoms with E-state index in [9.17, 15) is 4.79 Å². The van der Waals surface area contributed by atoms with Gasteiger partial charge in [0.1, 0.15) is 0 Å². The topological polar surface area (TPSA) is 46.3 Å². The number of hydrogen-bond acceptors (Lipinski definition) is 2. The van der Waals surface area contributed by atoms with Gasteiger partial charge in [0.2, 0.25) is 5.91 Å². The Labute approximate surface area is 107 Å². The molecule has 0 heterocycles. The minimum atomic E-state index is 0.275. The lowest BCUT2D eigenvalue weighted by atomic mass is 9.94. The largest absolute Gasteiger partial charge is 0.343 e. The van der Waals surface area contributed by atoms with Gasteiger partial charge in [-0.05, 0) is 38.1 Å². The van der Waals surface area contributed by atoms with Gasteiger partial charge in [-0.15, -0.1) is 0 Å². The quantitative estimate of drug-likeness (QED) is 0.675. The molecule has 0 aromatic rings. The first-order chi connectivity index (χ1) is 8.04. The normalized spacial score (nSPS) is 12.8. The summed E-state index contributed by atoms with van der Waals surface area (Å²) in [4.78, 5) is 14.1. The summed E-state index contributed by atoms with van der Waals surface area (Å²) in [6.45, 7) is 10.9. The fraction of sp³-hybridized carbons (Fsp3) is 0.929. The van der Waals surface area contributed by atoms with Crippen molar-refractivity contribution in [3.05, 3.63) is 0 Å². The van der Waals surface area contributed by atoms with E-state index in [4.69, 9.17) is 5.73 Å². The van der Waals surface area contributed by atoms with Crippen LogP contribution in [0.25, 0.3) is 0 Å². The summed E-state index contributed by atoms with van der Waals surface area (Å²) in [5.41, 5.74) is 5.74. The van der Waals surface area contributed by atoms with Crippen LogP contribution in [0.1, 0.15) is 53.4 Å². The van der Waals surface area contributed by atoms with Crippen molar-refractivity contribution in [1.82, 2.24) is 4.90 Å². The summed E-state index contributed by atoms with van der Waals surface area (Å²) >= 11 is 0. The molecule has 0 fully saturated rings. The predicted molar refractivity (Wildman–Crippen MR) is 73.8 cm³/mol. The van der Waals surface area contributed by atoms with Gasteiger partial charge >= 0.3 is 0 Å². The lowest BCUT2D eigenvalue weighted by molar-refractivity contribution is -0.132. The SMILES string of the molecule is CCCCN(CC)C(=O)C[C@@H](CN)CC(C)C. The minimum Gasteiger partial charge on any atom is -0.343 e. The van der Waals surface area contributed by atoms with Crippen LogP contribution in [0.15, 0.2) is 0 Å². The molecule has 2 N–H and O–H groups in total. The standard InChI is InChI=1S/C14H30N2O/c1-5-7-8-16(6-2)14(17)10-13(11-15)9-12(3)4/h12-13H,5-11,15H2,1-4H3/t13-/m0/s1. The van der Waals surface area contributed by atoms with Crippen molar-refractivity contribution < 1.29 is 4.79 Å². The molecule has 3 nitrogen and oxygen atoms in total. The van der Waals surface area contributed by atoms with Gasteiger partial charge in [0.15, 0.2) is 0 Å². The van der Waals surface area contributed by atoms with E-state index < -0.39 is 0 Å². The molecule has 0 aliphatic rings. The highest BCUT2D eigenvalue weighted by atomic mass is 16.2. The summed E-state index contributed by atoms with van der Waals surface area (Å²) in [7, 11) is 0. The third kappa shape index (κ3) is 7.37. The number of carbonyl (C=O) groups excluding carboxylic acids is 1.